The average Bonchev–Trinajstić information content (AvgIpc) is 2.96. The number of rotatable bonds is 7. The normalized spacial score (nSPS) is 10.3. The molecule has 0 radical (unpaired) electrons. The van der Waals surface area contributed by atoms with E-state index in [1.807, 2.05) is 0 Å². The Balaban J connectivity index is 2.49. The zero-order chi connectivity index (χ0) is 17.0. The van der Waals surface area contributed by atoms with E-state index in [1.54, 1.807) is 31.4 Å². The highest BCUT2D eigenvalue weighted by molar-refractivity contribution is 6.00. The summed E-state index contributed by atoms with van der Waals surface area (Å²) >= 11 is 0. The summed E-state index contributed by atoms with van der Waals surface area (Å²) in [7, 11) is 3.05. The highest BCUT2D eigenvalue weighted by Gasteiger charge is 2.18. The van der Waals surface area contributed by atoms with Crippen LogP contribution in [0.25, 0.3) is 11.3 Å². The first-order valence-electron chi connectivity index (χ1n) is 6.92. The number of carboxylic acid groups (broad SMARTS) is 1. The first-order valence-corrected chi connectivity index (χ1v) is 6.92. The number of carbonyl (C=O) groups excluding carboxylic acids is 1. The molecule has 1 amide bonds. The van der Waals surface area contributed by atoms with Crippen LogP contribution in [-0.4, -0.2) is 36.2 Å². The van der Waals surface area contributed by atoms with Crippen molar-refractivity contribution in [2.24, 2.45) is 5.73 Å². The fraction of sp³-hybridized carbons (Fsp3) is 0.250. The van der Waals surface area contributed by atoms with Gasteiger partial charge in [-0.15, -0.1) is 0 Å². The summed E-state index contributed by atoms with van der Waals surface area (Å²) in [5, 5.41) is 8.78. The number of hydrogen-bond acceptors (Lipinski definition) is 4. The van der Waals surface area contributed by atoms with Crippen LogP contribution in [0.15, 0.2) is 24.3 Å². The van der Waals surface area contributed by atoms with Crippen molar-refractivity contribution < 1.29 is 24.2 Å². The van der Waals surface area contributed by atoms with E-state index in [-0.39, 0.29) is 18.4 Å². The molecule has 0 aliphatic heterocycles. The van der Waals surface area contributed by atoms with Crippen LogP contribution >= 0.6 is 0 Å². The number of aromatic nitrogens is 1. The van der Waals surface area contributed by atoms with E-state index in [1.165, 1.54) is 7.11 Å². The maximum absolute atomic E-state index is 11.7. The van der Waals surface area contributed by atoms with Crippen molar-refractivity contribution in [2.75, 3.05) is 14.2 Å². The van der Waals surface area contributed by atoms with Crippen LogP contribution in [0.5, 0.6) is 11.5 Å². The molecule has 0 spiro atoms. The Kier molecular flexibility index (Phi) is 4.90. The van der Waals surface area contributed by atoms with Gasteiger partial charge in [0, 0.05) is 17.3 Å². The third kappa shape index (κ3) is 3.63. The van der Waals surface area contributed by atoms with Gasteiger partial charge < -0.3 is 25.3 Å². The molecule has 2 aromatic rings. The third-order valence-electron chi connectivity index (χ3n) is 3.43. The van der Waals surface area contributed by atoms with Crippen LogP contribution in [-0.2, 0) is 11.2 Å². The summed E-state index contributed by atoms with van der Waals surface area (Å²) in [5.41, 5.74) is 7.47. The molecule has 0 aliphatic rings. The van der Waals surface area contributed by atoms with Gasteiger partial charge in [0.05, 0.1) is 31.9 Å². The van der Waals surface area contributed by atoms with Gasteiger partial charge in [-0.1, -0.05) is 0 Å². The summed E-state index contributed by atoms with van der Waals surface area (Å²) in [6.07, 6.45) is 0.228. The molecule has 0 fully saturated rings. The van der Waals surface area contributed by atoms with Gasteiger partial charge in [0.15, 0.2) is 0 Å². The number of primary amides is 1. The summed E-state index contributed by atoms with van der Waals surface area (Å²) in [4.78, 5) is 25.5. The molecule has 122 valence electrons. The molecule has 7 heteroatoms. The highest BCUT2D eigenvalue weighted by atomic mass is 16.5. The maximum atomic E-state index is 11.7. The number of hydrogen-bond donors (Lipinski definition) is 3. The Bertz CT molecular complexity index is 736. The number of ether oxygens (including phenoxy) is 2. The lowest BCUT2D eigenvalue weighted by Gasteiger charge is -2.10. The largest absolute Gasteiger partial charge is 0.497 e. The summed E-state index contributed by atoms with van der Waals surface area (Å²) in [5.74, 6) is -0.387. The minimum Gasteiger partial charge on any atom is -0.497 e. The molecule has 1 heterocycles. The number of nitrogens with two attached hydrogens (primary N) is 1. The molecular weight excluding hydrogens is 300 g/mol. The molecule has 1 aromatic heterocycles. The number of carboxylic acids is 1. The second-order valence-corrected chi connectivity index (χ2v) is 4.91. The number of H-pyrrole nitrogens is 1. The van der Waals surface area contributed by atoms with E-state index in [0.717, 1.165) is 0 Å². The van der Waals surface area contributed by atoms with Crippen LogP contribution < -0.4 is 15.2 Å². The second-order valence-electron chi connectivity index (χ2n) is 4.91. The highest BCUT2D eigenvalue weighted by Crippen LogP contribution is 2.35. The smallest absolute Gasteiger partial charge is 0.303 e. The molecule has 0 saturated heterocycles. The Morgan fingerprint density at radius 3 is 2.52 bits per heavy atom. The number of amides is 1. The Morgan fingerprint density at radius 1 is 1.22 bits per heavy atom. The first-order chi connectivity index (χ1) is 11.0. The molecule has 7 nitrogen and oxygen atoms in total. The van der Waals surface area contributed by atoms with E-state index in [0.29, 0.717) is 28.5 Å². The number of aromatic amines is 1. The van der Waals surface area contributed by atoms with Gasteiger partial charge in [-0.05, 0) is 24.6 Å². The Morgan fingerprint density at radius 2 is 1.96 bits per heavy atom. The SMILES string of the molecule is COc1ccc(-c2[nH]c(CCC(=O)O)cc2C(N)=O)c(OC)c1. The molecule has 0 unspecified atom stereocenters. The molecule has 1 aromatic carbocycles. The van der Waals surface area contributed by atoms with Gasteiger partial charge >= 0.3 is 5.97 Å². The summed E-state index contributed by atoms with van der Waals surface area (Å²) in [6, 6.07) is 6.75. The predicted octanol–water partition coefficient (Wildman–Crippen LogP) is 1.82. The van der Waals surface area contributed by atoms with E-state index < -0.39 is 11.9 Å². The lowest BCUT2D eigenvalue weighted by atomic mass is 10.1. The van der Waals surface area contributed by atoms with Crippen molar-refractivity contribution in [3.8, 4) is 22.8 Å². The Hall–Kier alpha value is -2.96. The number of benzene rings is 1. The van der Waals surface area contributed by atoms with Crippen LogP contribution in [0, 0.1) is 0 Å². The molecule has 0 bridgehead atoms. The van der Waals surface area contributed by atoms with E-state index >= 15 is 0 Å². The van der Waals surface area contributed by atoms with E-state index in [4.69, 9.17) is 20.3 Å². The minimum atomic E-state index is -0.913. The van der Waals surface area contributed by atoms with Gasteiger partial charge in [-0.2, -0.15) is 0 Å². The summed E-state index contributed by atoms with van der Waals surface area (Å²) in [6.45, 7) is 0. The Labute approximate surface area is 133 Å². The standard InChI is InChI=1S/C16H18N2O5/c1-22-10-4-5-11(13(8-10)23-2)15-12(16(17)21)7-9(18-15)3-6-14(19)20/h4-5,7-8,18H,3,6H2,1-2H3,(H2,17,21)(H,19,20). The fourth-order valence-corrected chi connectivity index (χ4v) is 2.30. The molecule has 0 aliphatic carbocycles. The van der Waals surface area contributed by atoms with Gasteiger partial charge in [-0.25, -0.2) is 0 Å². The zero-order valence-corrected chi connectivity index (χ0v) is 12.9. The molecule has 0 saturated carbocycles. The predicted molar refractivity (Wildman–Crippen MR) is 83.8 cm³/mol. The second kappa shape index (κ2) is 6.87. The van der Waals surface area contributed by atoms with Crippen molar-refractivity contribution in [1.29, 1.82) is 0 Å². The molecule has 0 atom stereocenters. The topological polar surface area (TPSA) is 115 Å². The van der Waals surface area contributed by atoms with Crippen molar-refractivity contribution in [1.82, 2.24) is 4.98 Å². The number of methoxy groups -OCH3 is 2. The zero-order valence-electron chi connectivity index (χ0n) is 12.9. The number of aryl methyl sites for hydroxylation is 1. The minimum absolute atomic E-state index is 0.0437. The lowest BCUT2D eigenvalue weighted by Crippen LogP contribution is -2.11. The maximum Gasteiger partial charge on any atom is 0.303 e. The van der Waals surface area contributed by atoms with Crippen LogP contribution in [0.1, 0.15) is 22.5 Å². The van der Waals surface area contributed by atoms with Gasteiger partial charge in [0.2, 0.25) is 0 Å². The van der Waals surface area contributed by atoms with Crippen molar-refractivity contribution >= 4 is 11.9 Å². The number of carbonyl (C=O) groups is 2. The van der Waals surface area contributed by atoms with Crippen molar-refractivity contribution in [3.05, 3.63) is 35.5 Å². The van der Waals surface area contributed by atoms with Crippen LogP contribution in [0.4, 0.5) is 0 Å². The van der Waals surface area contributed by atoms with E-state index in [9.17, 15) is 9.59 Å². The summed E-state index contributed by atoms with van der Waals surface area (Å²) < 4.78 is 10.5. The molecule has 23 heavy (non-hydrogen) atoms. The van der Waals surface area contributed by atoms with Gasteiger partial charge in [-0.3, -0.25) is 9.59 Å². The van der Waals surface area contributed by atoms with Crippen LogP contribution in [0.2, 0.25) is 0 Å². The van der Waals surface area contributed by atoms with Crippen LogP contribution in [0.3, 0.4) is 0 Å². The van der Waals surface area contributed by atoms with Gasteiger partial charge in [0.1, 0.15) is 11.5 Å². The average molecular weight is 318 g/mol. The molecule has 4 N–H and O–H groups in total. The molecular formula is C16H18N2O5. The quantitative estimate of drug-likeness (QED) is 0.720. The monoisotopic (exact) mass is 318 g/mol. The number of nitrogens with one attached hydrogen (secondary N) is 1. The van der Waals surface area contributed by atoms with Gasteiger partial charge in [0.25, 0.3) is 5.91 Å². The third-order valence-corrected chi connectivity index (χ3v) is 3.43. The van der Waals surface area contributed by atoms with E-state index in [2.05, 4.69) is 4.98 Å². The van der Waals surface area contributed by atoms with Crippen molar-refractivity contribution in [3.63, 3.8) is 0 Å². The number of aliphatic carboxylic acids is 1. The fourth-order valence-electron chi connectivity index (χ4n) is 2.30. The lowest BCUT2D eigenvalue weighted by molar-refractivity contribution is -0.136. The van der Waals surface area contributed by atoms with Crippen molar-refractivity contribution in [2.45, 2.75) is 12.8 Å². The molecule has 2 rings (SSSR count). The first kappa shape index (κ1) is 16.4.